The van der Waals surface area contributed by atoms with Gasteiger partial charge < -0.3 is 5.73 Å². The summed E-state index contributed by atoms with van der Waals surface area (Å²) in [6.07, 6.45) is -2.92. The van der Waals surface area contributed by atoms with E-state index in [4.69, 9.17) is 5.73 Å². The van der Waals surface area contributed by atoms with E-state index >= 15 is 0 Å². The Morgan fingerprint density at radius 3 is 2.00 bits per heavy atom. The lowest BCUT2D eigenvalue weighted by Gasteiger charge is -2.14. The molecule has 1 atom stereocenters. The summed E-state index contributed by atoms with van der Waals surface area (Å²) in [7, 11) is 0. The van der Waals surface area contributed by atoms with Crippen LogP contribution in [0.1, 0.15) is 11.5 Å². The second-order valence-electron chi connectivity index (χ2n) is 2.96. The maximum Gasteiger partial charge on any atom is 0.246 e. The first-order valence-electron chi connectivity index (χ1n) is 4.10. The van der Waals surface area contributed by atoms with Crippen LogP contribution in [0, 0.1) is 17.5 Å². The van der Waals surface area contributed by atoms with E-state index in [2.05, 4.69) is 0 Å². The van der Waals surface area contributed by atoms with E-state index in [1.54, 1.807) is 0 Å². The number of rotatable bonds is 3. The molecule has 1 rings (SSSR count). The first-order valence-corrected chi connectivity index (χ1v) is 4.10. The Kier molecular flexibility index (Phi) is 3.62. The van der Waals surface area contributed by atoms with Crippen LogP contribution in [0.25, 0.3) is 0 Å². The van der Waals surface area contributed by atoms with Gasteiger partial charge >= 0.3 is 0 Å². The lowest BCUT2D eigenvalue weighted by molar-refractivity contribution is 0.115. The average Bonchev–Trinajstić information content (AvgIpc) is 2.14. The zero-order valence-electron chi connectivity index (χ0n) is 7.48. The normalized spacial score (nSPS) is 13.3. The van der Waals surface area contributed by atoms with Crippen molar-refractivity contribution in [2.45, 2.75) is 12.3 Å². The van der Waals surface area contributed by atoms with Crippen LogP contribution in [0.3, 0.4) is 0 Å². The molecule has 0 saturated heterocycles. The summed E-state index contributed by atoms with van der Waals surface area (Å²) in [4.78, 5) is 0. The van der Waals surface area contributed by atoms with Crippen molar-refractivity contribution in [1.82, 2.24) is 0 Å². The van der Waals surface area contributed by atoms with Gasteiger partial charge in [-0.3, -0.25) is 0 Å². The molecule has 1 aromatic carbocycles. The number of alkyl halides is 2. The van der Waals surface area contributed by atoms with Gasteiger partial charge in [0.05, 0.1) is 5.92 Å². The maximum atomic E-state index is 13.0. The van der Waals surface area contributed by atoms with Crippen molar-refractivity contribution in [1.29, 1.82) is 0 Å². The molecule has 0 saturated carbocycles. The summed E-state index contributed by atoms with van der Waals surface area (Å²) in [5.74, 6) is -5.63. The SMILES string of the molecule is NCC(c1cc(F)c(F)cc1F)C(F)F. The van der Waals surface area contributed by atoms with Crippen molar-refractivity contribution < 1.29 is 22.0 Å². The van der Waals surface area contributed by atoms with Crippen LogP contribution in [-0.4, -0.2) is 13.0 Å². The van der Waals surface area contributed by atoms with Gasteiger partial charge in [0.2, 0.25) is 6.43 Å². The fourth-order valence-electron chi connectivity index (χ4n) is 1.19. The fraction of sp³-hybridized carbons (Fsp3) is 0.333. The third-order valence-corrected chi connectivity index (χ3v) is 2.00. The highest BCUT2D eigenvalue weighted by atomic mass is 19.3. The number of hydrogen-bond donors (Lipinski definition) is 1. The monoisotopic (exact) mass is 225 g/mol. The zero-order chi connectivity index (χ0) is 11.6. The second kappa shape index (κ2) is 4.57. The smallest absolute Gasteiger partial charge is 0.246 e. The van der Waals surface area contributed by atoms with Crippen LogP contribution < -0.4 is 5.73 Å². The maximum absolute atomic E-state index is 13.0. The highest BCUT2D eigenvalue weighted by molar-refractivity contribution is 5.24. The Balaban J connectivity index is 3.18. The number of halogens is 5. The summed E-state index contributed by atoms with van der Waals surface area (Å²) in [5.41, 5.74) is 4.39. The van der Waals surface area contributed by atoms with Crippen molar-refractivity contribution in [2.75, 3.05) is 6.54 Å². The lowest BCUT2D eigenvalue weighted by Crippen LogP contribution is -2.21. The minimum atomic E-state index is -2.92. The van der Waals surface area contributed by atoms with Gasteiger partial charge in [-0.25, -0.2) is 22.0 Å². The summed E-state index contributed by atoms with van der Waals surface area (Å²) < 4.78 is 62.9. The molecule has 0 amide bonds. The molecule has 6 heteroatoms. The van der Waals surface area contributed by atoms with Crippen molar-refractivity contribution in [3.8, 4) is 0 Å². The summed E-state index contributed by atoms with van der Waals surface area (Å²) >= 11 is 0. The first-order chi connectivity index (χ1) is 6.97. The molecule has 0 aliphatic rings. The highest BCUT2D eigenvalue weighted by Crippen LogP contribution is 2.26. The van der Waals surface area contributed by atoms with E-state index in [0.717, 1.165) is 0 Å². The van der Waals surface area contributed by atoms with Crippen LogP contribution in [0.5, 0.6) is 0 Å². The van der Waals surface area contributed by atoms with E-state index in [-0.39, 0.29) is 6.07 Å². The Morgan fingerprint density at radius 2 is 1.53 bits per heavy atom. The number of nitrogens with two attached hydrogens (primary N) is 1. The predicted molar refractivity (Wildman–Crippen MR) is 44.1 cm³/mol. The minimum Gasteiger partial charge on any atom is -0.330 e. The van der Waals surface area contributed by atoms with E-state index in [1.165, 1.54) is 0 Å². The molecule has 1 unspecified atom stereocenters. The van der Waals surface area contributed by atoms with Crippen LogP contribution in [0.2, 0.25) is 0 Å². The van der Waals surface area contributed by atoms with E-state index < -0.39 is 41.9 Å². The van der Waals surface area contributed by atoms with Crippen molar-refractivity contribution in [3.05, 3.63) is 35.1 Å². The largest absolute Gasteiger partial charge is 0.330 e. The van der Waals surface area contributed by atoms with Gasteiger partial charge in [-0.05, 0) is 6.07 Å². The quantitative estimate of drug-likeness (QED) is 0.620. The second-order valence-corrected chi connectivity index (χ2v) is 2.96. The van der Waals surface area contributed by atoms with Crippen LogP contribution >= 0.6 is 0 Å². The molecule has 0 aliphatic carbocycles. The van der Waals surface area contributed by atoms with E-state index in [1.807, 2.05) is 0 Å². The van der Waals surface area contributed by atoms with Crippen LogP contribution in [0.15, 0.2) is 12.1 Å². The Morgan fingerprint density at radius 1 is 1.00 bits per heavy atom. The van der Waals surface area contributed by atoms with Gasteiger partial charge in [-0.2, -0.15) is 0 Å². The van der Waals surface area contributed by atoms with Gasteiger partial charge in [-0.15, -0.1) is 0 Å². The standard InChI is InChI=1S/C9H8F5N/c10-6-2-8(12)7(11)1-4(6)5(3-15)9(13)14/h1-2,5,9H,3,15H2. The third-order valence-electron chi connectivity index (χ3n) is 2.00. The van der Waals surface area contributed by atoms with Gasteiger partial charge in [0.15, 0.2) is 11.6 Å². The fourth-order valence-corrected chi connectivity index (χ4v) is 1.19. The molecule has 1 aromatic rings. The van der Waals surface area contributed by atoms with Crippen molar-refractivity contribution in [2.24, 2.45) is 5.73 Å². The number of benzene rings is 1. The van der Waals surface area contributed by atoms with E-state index in [0.29, 0.717) is 6.07 Å². The first kappa shape index (κ1) is 11.9. The van der Waals surface area contributed by atoms with E-state index in [9.17, 15) is 22.0 Å². The van der Waals surface area contributed by atoms with Gasteiger partial charge in [0.25, 0.3) is 0 Å². The Bertz CT molecular complexity index is 353. The highest BCUT2D eigenvalue weighted by Gasteiger charge is 2.25. The molecule has 2 N–H and O–H groups in total. The summed E-state index contributed by atoms with van der Waals surface area (Å²) in [6.45, 7) is -0.542. The van der Waals surface area contributed by atoms with Gasteiger partial charge in [0.1, 0.15) is 5.82 Å². The molecule has 0 aromatic heterocycles. The molecule has 0 bridgehead atoms. The third kappa shape index (κ3) is 2.44. The molecule has 0 heterocycles. The Hall–Kier alpha value is -1.17. The minimum absolute atomic E-state index is 0.232. The lowest BCUT2D eigenvalue weighted by atomic mass is 9.99. The molecular formula is C9H8F5N. The topological polar surface area (TPSA) is 26.0 Å². The predicted octanol–water partition coefficient (Wildman–Crippen LogP) is 2.41. The summed E-state index contributed by atoms with van der Waals surface area (Å²) in [6, 6.07) is 0.643. The molecule has 0 fully saturated rings. The van der Waals surface area contributed by atoms with Crippen molar-refractivity contribution >= 4 is 0 Å². The molecule has 0 spiro atoms. The molecular weight excluding hydrogens is 217 g/mol. The van der Waals surface area contributed by atoms with Crippen LogP contribution in [-0.2, 0) is 0 Å². The molecule has 15 heavy (non-hydrogen) atoms. The molecule has 84 valence electrons. The zero-order valence-corrected chi connectivity index (χ0v) is 7.48. The summed E-state index contributed by atoms with van der Waals surface area (Å²) in [5, 5.41) is 0. The van der Waals surface area contributed by atoms with Crippen LogP contribution in [0.4, 0.5) is 22.0 Å². The molecule has 0 aliphatic heterocycles. The average molecular weight is 225 g/mol. The Labute approximate surface area is 82.7 Å². The molecule has 1 nitrogen and oxygen atoms in total. The van der Waals surface area contributed by atoms with Gasteiger partial charge in [0, 0.05) is 18.2 Å². The number of hydrogen-bond acceptors (Lipinski definition) is 1. The molecule has 0 radical (unpaired) electrons. The van der Waals surface area contributed by atoms with Gasteiger partial charge in [-0.1, -0.05) is 0 Å². The van der Waals surface area contributed by atoms with Crippen molar-refractivity contribution in [3.63, 3.8) is 0 Å².